The minimum absolute atomic E-state index is 0.788. The van der Waals surface area contributed by atoms with Crippen LogP contribution in [0, 0.1) is 11.8 Å². The topological polar surface area (TPSA) is 29.3 Å². The molecule has 3 fully saturated rings. The van der Waals surface area contributed by atoms with E-state index in [9.17, 15) is 0 Å². The Bertz CT molecular complexity index is 355. The van der Waals surface area contributed by atoms with Gasteiger partial charge >= 0.3 is 0 Å². The third-order valence-electron chi connectivity index (χ3n) is 3.62. The molecule has 0 aromatic heterocycles. The zero-order valence-electron chi connectivity index (χ0n) is 8.62. The Hall–Kier alpha value is -0.890. The molecule has 1 aromatic carbocycles. The second kappa shape index (κ2) is 3.31. The van der Waals surface area contributed by atoms with Gasteiger partial charge in [-0.3, -0.25) is 0 Å². The van der Waals surface area contributed by atoms with Gasteiger partial charge in [-0.2, -0.15) is 0 Å². The average molecular weight is 223 g/mol. The van der Waals surface area contributed by atoms with Crippen LogP contribution in [0.25, 0.3) is 0 Å². The van der Waals surface area contributed by atoms with Crippen molar-refractivity contribution in [2.75, 3.05) is 23.7 Å². The van der Waals surface area contributed by atoms with Crippen molar-refractivity contribution in [3.8, 4) is 0 Å². The molecule has 1 saturated carbocycles. The molecular formula is C12H15ClN2. The lowest BCUT2D eigenvalue weighted by molar-refractivity contribution is 0.159. The molecule has 2 bridgehead atoms. The van der Waals surface area contributed by atoms with Crippen molar-refractivity contribution < 1.29 is 0 Å². The van der Waals surface area contributed by atoms with E-state index in [1.165, 1.54) is 12.8 Å². The number of hydrogen-bond donors (Lipinski definition) is 1. The van der Waals surface area contributed by atoms with E-state index in [-0.39, 0.29) is 0 Å². The zero-order valence-corrected chi connectivity index (χ0v) is 9.37. The summed E-state index contributed by atoms with van der Waals surface area (Å²) in [5.41, 5.74) is 7.85. The lowest BCUT2D eigenvalue weighted by atomic mass is 9.71. The van der Waals surface area contributed by atoms with Crippen molar-refractivity contribution in [3.63, 3.8) is 0 Å². The van der Waals surface area contributed by atoms with Crippen molar-refractivity contribution >= 4 is 23.0 Å². The molecule has 2 nitrogen and oxygen atoms in total. The summed E-state index contributed by atoms with van der Waals surface area (Å²) in [6.45, 7) is 2.26. The van der Waals surface area contributed by atoms with Crippen LogP contribution in [0.1, 0.15) is 12.8 Å². The molecule has 1 aliphatic carbocycles. The molecule has 0 spiro atoms. The highest BCUT2D eigenvalue weighted by Crippen LogP contribution is 2.43. The van der Waals surface area contributed by atoms with Crippen molar-refractivity contribution in [1.82, 2.24) is 0 Å². The molecule has 2 saturated heterocycles. The molecule has 0 amide bonds. The van der Waals surface area contributed by atoms with E-state index in [1.807, 2.05) is 18.2 Å². The highest BCUT2D eigenvalue weighted by molar-refractivity contribution is 6.34. The van der Waals surface area contributed by atoms with Gasteiger partial charge in [-0.05, 0) is 36.8 Å². The average Bonchev–Trinajstić information content (AvgIpc) is 2.16. The van der Waals surface area contributed by atoms with Gasteiger partial charge in [0.1, 0.15) is 0 Å². The molecule has 3 aliphatic rings. The summed E-state index contributed by atoms with van der Waals surface area (Å²) in [7, 11) is 0. The molecule has 1 aromatic rings. The molecule has 0 unspecified atom stereocenters. The van der Waals surface area contributed by atoms with Gasteiger partial charge in [0.15, 0.2) is 0 Å². The quantitative estimate of drug-likeness (QED) is 0.741. The molecule has 2 aliphatic heterocycles. The van der Waals surface area contributed by atoms with Gasteiger partial charge < -0.3 is 10.6 Å². The number of hydrogen-bond acceptors (Lipinski definition) is 2. The maximum atomic E-state index is 6.20. The zero-order chi connectivity index (χ0) is 10.4. The molecule has 0 radical (unpaired) electrons. The van der Waals surface area contributed by atoms with Gasteiger partial charge in [0.25, 0.3) is 0 Å². The van der Waals surface area contributed by atoms with Crippen LogP contribution in [0.2, 0.25) is 5.02 Å². The fraction of sp³-hybridized carbons (Fsp3) is 0.500. The number of anilines is 2. The minimum atomic E-state index is 0.788. The lowest BCUT2D eigenvalue weighted by Gasteiger charge is -2.48. The second-order valence-electron chi connectivity index (χ2n) is 4.79. The van der Waals surface area contributed by atoms with Crippen LogP contribution in [0.4, 0.5) is 11.4 Å². The van der Waals surface area contributed by atoms with Gasteiger partial charge in [0, 0.05) is 13.1 Å². The van der Waals surface area contributed by atoms with Crippen LogP contribution in [-0.4, -0.2) is 13.1 Å². The maximum absolute atomic E-state index is 6.20. The fourth-order valence-electron chi connectivity index (χ4n) is 2.92. The summed E-state index contributed by atoms with van der Waals surface area (Å²) < 4.78 is 0. The maximum Gasteiger partial charge on any atom is 0.0789 e. The van der Waals surface area contributed by atoms with Gasteiger partial charge in [0.2, 0.25) is 0 Å². The minimum Gasteiger partial charge on any atom is -0.397 e. The number of para-hydroxylation sites is 1. The van der Waals surface area contributed by atoms with Gasteiger partial charge in [-0.1, -0.05) is 17.7 Å². The number of rotatable bonds is 1. The lowest BCUT2D eigenvalue weighted by Crippen LogP contribution is -2.48. The summed E-state index contributed by atoms with van der Waals surface area (Å²) in [5.74, 6) is 1.75. The molecule has 3 heteroatoms. The predicted molar refractivity (Wildman–Crippen MR) is 64.3 cm³/mol. The Labute approximate surface area is 95.0 Å². The number of nitrogens with zero attached hydrogens (tertiary/aromatic N) is 1. The normalized spacial score (nSPS) is 28.7. The third kappa shape index (κ3) is 1.48. The Morgan fingerprint density at radius 2 is 1.87 bits per heavy atom. The SMILES string of the molecule is Nc1cccc(Cl)c1N1CC2CC(C2)C1. The molecule has 15 heavy (non-hydrogen) atoms. The Morgan fingerprint density at radius 1 is 1.20 bits per heavy atom. The van der Waals surface area contributed by atoms with E-state index in [4.69, 9.17) is 17.3 Å². The van der Waals surface area contributed by atoms with Crippen LogP contribution in [0.15, 0.2) is 18.2 Å². The summed E-state index contributed by atoms with van der Waals surface area (Å²) in [6.07, 6.45) is 2.81. The smallest absolute Gasteiger partial charge is 0.0789 e. The molecule has 80 valence electrons. The van der Waals surface area contributed by atoms with E-state index >= 15 is 0 Å². The monoisotopic (exact) mass is 222 g/mol. The van der Waals surface area contributed by atoms with Crippen LogP contribution >= 0.6 is 11.6 Å². The summed E-state index contributed by atoms with van der Waals surface area (Å²) in [6, 6.07) is 5.76. The molecular weight excluding hydrogens is 208 g/mol. The standard InChI is InChI=1S/C12H15ClN2/c13-10-2-1-3-11(14)12(10)15-6-8-4-9(5-8)7-15/h1-3,8-9H,4-7,14H2. The van der Waals surface area contributed by atoms with Crippen LogP contribution in [0.5, 0.6) is 0 Å². The molecule has 0 atom stereocenters. The predicted octanol–water partition coefficient (Wildman–Crippen LogP) is 2.77. The summed E-state index contributed by atoms with van der Waals surface area (Å²) in [4.78, 5) is 2.36. The second-order valence-corrected chi connectivity index (χ2v) is 5.19. The summed E-state index contributed by atoms with van der Waals surface area (Å²) in [5, 5.41) is 0.788. The van der Waals surface area contributed by atoms with Crippen LogP contribution < -0.4 is 10.6 Å². The first-order chi connectivity index (χ1) is 7.24. The van der Waals surface area contributed by atoms with E-state index in [0.717, 1.165) is 41.3 Å². The van der Waals surface area contributed by atoms with E-state index < -0.39 is 0 Å². The van der Waals surface area contributed by atoms with Crippen LogP contribution in [-0.2, 0) is 0 Å². The number of piperidine rings is 2. The van der Waals surface area contributed by atoms with Crippen molar-refractivity contribution in [2.24, 2.45) is 11.8 Å². The number of benzene rings is 1. The van der Waals surface area contributed by atoms with E-state index in [2.05, 4.69) is 4.90 Å². The molecule has 2 heterocycles. The first-order valence-corrected chi connectivity index (χ1v) is 5.91. The van der Waals surface area contributed by atoms with Crippen molar-refractivity contribution in [1.29, 1.82) is 0 Å². The van der Waals surface area contributed by atoms with E-state index in [0.29, 0.717) is 0 Å². The molecule has 2 N–H and O–H groups in total. The molecule has 4 rings (SSSR count). The Balaban J connectivity index is 1.92. The van der Waals surface area contributed by atoms with Crippen LogP contribution in [0.3, 0.4) is 0 Å². The first kappa shape index (κ1) is 9.34. The van der Waals surface area contributed by atoms with Crippen molar-refractivity contribution in [3.05, 3.63) is 23.2 Å². The van der Waals surface area contributed by atoms with Gasteiger partial charge in [-0.15, -0.1) is 0 Å². The number of halogens is 1. The third-order valence-corrected chi connectivity index (χ3v) is 3.93. The van der Waals surface area contributed by atoms with E-state index in [1.54, 1.807) is 0 Å². The first-order valence-electron chi connectivity index (χ1n) is 5.53. The fourth-order valence-corrected chi connectivity index (χ4v) is 3.22. The largest absolute Gasteiger partial charge is 0.397 e. The van der Waals surface area contributed by atoms with Gasteiger partial charge in [-0.25, -0.2) is 0 Å². The Kier molecular flexibility index (Phi) is 2.06. The number of nitrogen functional groups attached to an aromatic ring is 1. The highest BCUT2D eigenvalue weighted by Gasteiger charge is 2.37. The van der Waals surface area contributed by atoms with Gasteiger partial charge in [0.05, 0.1) is 16.4 Å². The highest BCUT2D eigenvalue weighted by atomic mass is 35.5. The summed E-state index contributed by atoms with van der Waals surface area (Å²) >= 11 is 6.20. The Morgan fingerprint density at radius 3 is 2.47 bits per heavy atom. The van der Waals surface area contributed by atoms with Crippen molar-refractivity contribution in [2.45, 2.75) is 12.8 Å². The number of nitrogens with two attached hydrogens (primary N) is 1. The number of fused-ring (bicyclic) bond motifs is 2.